The van der Waals surface area contributed by atoms with Crippen molar-refractivity contribution in [3.8, 4) is 5.75 Å². The Morgan fingerprint density at radius 2 is 2.21 bits per heavy atom. The van der Waals surface area contributed by atoms with E-state index < -0.39 is 0 Å². The molecule has 2 rings (SSSR count). The molecule has 1 aromatic heterocycles. The molecule has 0 fully saturated rings. The second-order valence-electron chi connectivity index (χ2n) is 3.86. The zero-order valence-corrected chi connectivity index (χ0v) is 12.4. The first-order valence-corrected chi connectivity index (χ1v) is 7.58. The van der Waals surface area contributed by atoms with Crippen LogP contribution in [0.2, 0.25) is 0 Å². The summed E-state index contributed by atoms with van der Waals surface area (Å²) in [5.74, 6) is 2.24. The number of hydrogen-bond donors (Lipinski definition) is 0. The van der Waals surface area contributed by atoms with Crippen LogP contribution in [0.1, 0.15) is 23.1 Å². The molecular formula is C13H14N2O2S2. The lowest BCUT2D eigenvalue weighted by Crippen LogP contribution is -2.04. The molecule has 0 aliphatic carbocycles. The van der Waals surface area contributed by atoms with Crippen molar-refractivity contribution in [3.63, 3.8) is 0 Å². The number of carbonyl (C=O) groups excluding carboxylic acids is 1. The number of benzene rings is 1. The van der Waals surface area contributed by atoms with Gasteiger partial charge in [-0.15, -0.1) is 0 Å². The number of para-hydroxylation sites is 1. The number of aryl methyl sites for hydroxylation is 1. The van der Waals surface area contributed by atoms with Crippen molar-refractivity contribution >= 4 is 29.1 Å². The minimum Gasteiger partial charge on any atom is -0.492 e. The first kappa shape index (κ1) is 14.0. The fourth-order valence-corrected chi connectivity index (χ4v) is 3.04. The van der Waals surface area contributed by atoms with Crippen LogP contribution >= 0.6 is 23.3 Å². The highest BCUT2D eigenvalue weighted by Gasteiger charge is 2.07. The molecule has 0 saturated heterocycles. The summed E-state index contributed by atoms with van der Waals surface area (Å²) in [6.07, 6.45) is 0. The summed E-state index contributed by atoms with van der Waals surface area (Å²) >= 11 is 3.01. The van der Waals surface area contributed by atoms with Crippen molar-refractivity contribution in [1.29, 1.82) is 0 Å². The van der Waals surface area contributed by atoms with E-state index in [2.05, 4.69) is 9.36 Å². The number of ketones is 1. The van der Waals surface area contributed by atoms with Gasteiger partial charge < -0.3 is 4.74 Å². The lowest BCUT2D eigenvalue weighted by molar-refractivity contribution is 0.101. The quantitative estimate of drug-likeness (QED) is 0.465. The summed E-state index contributed by atoms with van der Waals surface area (Å²) in [6.45, 7) is 3.95. The van der Waals surface area contributed by atoms with Gasteiger partial charge in [0.05, 0.1) is 12.2 Å². The van der Waals surface area contributed by atoms with Gasteiger partial charge in [-0.05, 0) is 37.5 Å². The van der Waals surface area contributed by atoms with Crippen molar-refractivity contribution in [2.75, 3.05) is 12.4 Å². The van der Waals surface area contributed by atoms with Gasteiger partial charge >= 0.3 is 0 Å². The maximum atomic E-state index is 11.4. The van der Waals surface area contributed by atoms with Crippen molar-refractivity contribution in [3.05, 3.63) is 35.7 Å². The Balaban J connectivity index is 1.84. The number of hydrogen-bond acceptors (Lipinski definition) is 6. The molecule has 100 valence electrons. The number of thioether (sulfide) groups is 1. The highest BCUT2D eigenvalue weighted by molar-refractivity contribution is 8.00. The third-order valence-electron chi connectivity index (χ3n) is 2.34. The van der Waals surface area contributed by atoms with E-state index in [0.717, 1.165) is 15.9 Å². The first-order chi connectivity index (χ1) is 9.16. The Morgan fingerprint density at radius 1 is 1.42 bits per heavy atom. The van der Waals surface area contributed by atoms with Crippen LogP contribution in [-0.2, 0) is 0 Å². The molecule has 4 nitrogen and oxygen atoms in total. The van der Waals surface area contributed by atoms with Gasteiger partial charge in [0.1, 0.15) is 11.6 Å². The van der Waals surface area contributed by atoms with Crippen LogP contribution in [0.4, 0.5) is 0 Å². The standard InChI is InChI=1S/C13H14N2O2S2/c1-9(16)11-5-3-4-6-12(11)17-7-8-18-13-14-10(2)15-19-13/h3-6H,7-8H2,1-2H3. The molecule has 0 bridgehead atoms. The maximum Gasteiger partial charge on any atom is 0.170 e. The minimum absolute atomic E-state index is 0.0167. The third kappa shape index (κ3) is 4.04. The number of carbonyl (C=O) groups is 1. The molecule has 0 aliphatic rings. The van der Waals surface area contributed by atoms with E-state index in [9.17, 15) is 4.79 Å². The monoisotopic (exact) mass is 294 g/mol. The minimum atomic E-state index is 0.0167. The molecule has 0 N–H and O–H groups in total. The molecule has 0 spiro atoms. The van der Waals surface area contributed by atoms with E-state index in [1.165, 1.54) is 11.5 Å². The molecule has 0 saturated carbocycles. The average Bonchev–Trinajstić information content (AvgIpc) is 2.81. The van der Waals surface area contributed by atoms with Crippen LogP contribution < -0.4 is 4.74 Å². The van der Waals surface area contributed by atoms with Crippen LogP contribution in [0, 0.1) is 6.92 Å². The summed E-state index contributed by atoms with van der Waals surface area (Å²) in [7, 11) is 0. The maximum absolute atomic E-state index is 11.4. The Labute approximate surface area is 120 Å². The average molecular weight is 294 g/mol. The van der Waals surface area contributed by atoms with Crippen molar-refractivity contribution in [2.45, 2.75) is 18.2 Å². The van der Waals surface area contributed by atoms with Gasteiger partial charge in [-0.3, -0.25) is 4.79 Å². The fourth-order valence-electron chi connectivity index (χ4n) is 1.50. The van der Waals surface area contributed by atoms with Gasteiger partial charge in [-0.1, -0.05) is 23.9 Å². The lowest BCUT2D eigenvalue weighted by atomic mass is 10.1. The second-order valence-corrected chi connectivity index (χ2v) is 5.95. The summed E-state index contributed by atoms with van der Waals surface area (Å²) in [6, 6.07) is 7.29. The predicted molar refractivity (Wildman–Crippen MR) is 77.3 cm³/mol. The summed E-state index contributed by atoms with van der Waals surface area (Å²) in [5, 5.41) is 0. The van der Waals surface area contributed by atoms with Crippen molar-refractivity contribution in [2.24, 2.45) is 0 Å². The smallest absolute Gasteiger partial charge is 0.170 e. The predicted octanol–water partition coefficient (Wildman–Crippen LogP) is 3.22. The lowest BCUT2D eigenvalue weighted by Gasteiger charge is -2.08. The molecule has 1 heterocycles. The largest absolute Gasteiger partial charge is 0.492 e. The number of rotatable bonds is 6. The van der Waals surface area contributed by atoms with Gasteiger partial charge in [0.25, 0.3) is 0 Å². The number of ether oxygens (including phenoxy) is 1. The summed E-state index contributed by atoms with van der Waals surface area (Å²) < 4.78 is 10.7. The van der Waals surface area contributed by atoms with Gasteiger partial charge in [-0.25, -0.2) is 4.98 Å². The van der Waals surface area contributed by atoms with Crippen LogP contribution in [0.15, 0.2) is 28.6 Å². The Bertz CT molecular complexity index is 569. The normalized spacial score (nSPS) is 10.4. The van der Waals surface area contributed by atoms with Crippen LogP contribution in [0.3, 0.4) is 0 Å². The molecule has 2 aromatic rings. The number of aromatic nitrogens is 2. The van der Waals surface area contributed by atoms with E-state index in [0.29, 0.717) is 17.9 Å². The van der Waals surface area contributed by atoms with E-state index in [4.69, 9.17) is 4.74 Å². The van der Waals surface area contributed by atoms with Crippen molar-refractivity contribution < 1.29 is 9.53 Å². The van der Waals surface area contributed by atoms with E-state index in [1.54, 1.807) is 24.8 Å². The molecule has 0 amide bonds. The topological polar surface area (TPSA) is 52.1 Å². The molecule has 0 unspecified atom stereocenters. The fraction of sp³-hybridized carbons (Fsp3) is 0.308. The SMILES string of the molecule is CC(=O)c1ccccc1OCCSc1nc(C)ns1. The van der Waals surface area contributed by atoms with E-state index in [-0.39, 0.29) is 5.78 Å². The molecule has 19 heavy (non-hydrogen) atoms. The summed E-state index contributed by atoms with van der Waals surface area (Å²) in [5.41, 5.74) is 0.624. The highest BCUT2D eigenvalue weighted by Crippen LogP contribution is 2.21. The van der Waals surface area contributed by atoms with E-state index >= 15 is 0 Å². The Hall–Kier alpha value is -1.40. The number of Topliss-reactive ketones (excluding diaryl/α,β-unsaturated/α-hetero) is 1. The Morgan fingerprint density at radius 3 is 2.89 bits per heavy atom. The van der Waals surface area contributed by atoms with Crippen LogP contribution in [-0.4, -0.2) is 27.5 Å². The van der Waals surface area contributed by atoms with Gasteiger partial charge in [-0.2, -0.15) is 4.37 Å². The van der Waals surface area contributed by atoms with Crippen molar-refractivity contribution in [1.82, 2.24) is 9.36 Å². The zero-order chi connectivity index (χ0) is 13.7. The third-order valence-corrected chi connectivity index (χ3v) is 4.23. The first-order valence-electron chi connectivity index (χ1n) is 5.82. The highest BCUT2D eigenvalue weighted by atomic mass is 32.2. The molecule has 0 radical (unpaired) electrons. The van der Waals surface area contributed by atoms with Gasteiger partial charge in [0.2, 0.25) is 0 Å². The molecule has 6 heteroatoms. The number of nitrogens with zero attached hydrogens (tertiary/aromatic N) is 2. The summed E-state index contributed by atoms with van der Waals surface area (Å²) in [4.78, 5) is 15.7. The van der Waals surface area contributed by atoms with Gasteiger partial charge in [0, 0.05) is 5.75 Å². The molecule has 0 aliphatic heterocycles. The molecular weight excluding hydrogens is 280 g/mol. The van der Waals surface area contributed by atoms with Gasteiger partial charge in [0.15, 0.2) is 10.1 Å². The zero-order valence-electron chi connectivity index (χ0n) is 10.8. The molecule has 1 aromatic carbocycles. The molecule has 0 atom stereocenters. The van der Waals surface area contributed by atoms with Crippen LogP contribution in [0.25, 0.3) is 0 Å². The van der Waals surface area contributed by atoms with Crippen LogP contribution in [0.5, 0.6) is 5.75 Å². The Kier molecular flexibility index (Phi) is 4.93. The van der Waals surface area contributed by atoms with E-state index in [1.807, 2.05) is 25.1 Å². The second kappa shape index (κ2) is 6.68.